The van der Waals surface area contributed by atoms with E-state index in [1.807, 2.05) is 4.90 Å². The maximum atomic E-state index is 13.1. The van der Waals surface area contributed by atoms with Gasteiger partial charge in [0.25, 0.3) is 0 Å². The van der Waals surface area contributed by atoms with Crippen molar-refractivity contribution >= 4 is 24.1 Å². The van der Waals surface area contributed by atoms with Crippen LogP contribution in [0.4, 0.5) is 22.8 Å². The Kier molecular flexibility index (Phi) is 6.91. The summed E-state index contributed by atoms with van der Waals surface area (Å²) in [6.07, 6.45) is -0.181. The molecule has 0 aliphatic carbocycles. The van der Waals surface area contributed by atoms with E-state index in [1.165, 1.54) is 30.3 Å². The molecule has 4 heterocycles. The molecule has 0 aromatic heterocycles. The number of ether oxygens (including phenoxy) is 2. The number of carbonyl (C=O) groups is 3. The van der Waals surface area contributed by atoms with Crippen LogP contribution in [-0.4, -0.2) is 90.5 Å². The highest BCUT2D eigenvalue weighted by atomic mass is 19.4. The van der Waals surface area contributed by atoms with Crippen LogP contribution < -0.4 is 10.1 Å². The second-order valence-corrected chi connectivity index (χ2v) is 9.99. The number of amides is 4. The minimum Gasteiger partial charge on any atom is -0.442 e. The van der Waals surface area contributed by atoms with Crippen molar-refractivity contribution in [2.24, 2.45) is 11.8 Å². The third-order valence-corrected chi connectivity index (χ3v) is 7.62. The highest BCUT2D eigenvalue weighted by Gasteiger charge is 2.43. The molecule has 1 aromatic rings. The van der Waals surface area contributed by atoms with E-state index >= 15 is 0 Å². The number of hydrogen-bond acceptors (Lipinski definition) is 5. The van der Waals surface area contributed by atoms with E-state index in [-0.39, 0.29) is 29.8 Å². The zero-order valence-electron chi connectivity index (χ0n) is 20.2. The minimum absolute atomic E-state index is 0.0167. The zero-order valence-corrected chi connectivity index (χ0v) is 20.2. The van der Waals surface area contributed by atoms with E-state index in [4.69, 9.17) is 4.74 Å². The smallest absolute Gasteiger partial charge is 0.442 e. The van der Waals surface area contributed by atoms with Gasteiger partial charge in [-0.05, 0) is 54.9 Å². The van der Waals surface area contributed by atoms with Gasteiger partial charge in [-0.15, -0.1) is 13.2 Å². The zero-order chi connectivity index (χ0) is 26.2. The molecule has 5 rings (SSSR count). The molecule has 0 saturated carbocycles. The predicted octanol–water partition coefficient (Wildman–Crippen LogP) is 3.07. The van der Waals surface area contributed by atoms with Gasteiger partial charge in [-0.2, -0.15) is 0 Å². The summed E-state index contributed by atoms with van der Waals surface area (Å²) in [6.45, 7) is 3.45. The highest BCUT2D eigenvalue weighted by Crippen LogP contribution is 2.33. The van der Waals surface area contributed by atoms with Crippen LogP contribution in [0.3, 0.4) is 0 Å². The van der Waals surface area contributed by atoms with Gasteiger partial charge in [-0.3, -0.25) is 4.79 Å². The van der Waals surface area contributed by atoms with Gasteiger partial charge in [0.2, 0.25) is 5.91 Å². The van der Waals surface area contributed by atoms with Crippen molar-refractivity contribution < 1.29 is 37.0 Å². The summed E-state index contributed by atoms with van der Waals surface area (Å²) in [4.78, 5) is 42.8. The van der Waals surface area contributed by atoms with Crippen molar-refractivity contribution in [3.8, 4) is 5.75 Å². The summed E-state index contributed by atoms with van der Waals surface area (Å²) < 4.78 is 46.0. The molecule has 12 heteroatoms. The van der Waals surface area contributed by atoms with Crippen LogP contribution in [-0.2, 0) is 9.53 Å². The van der Waals surface area contributed by atoms with E-state index in [1.54, 1.807) is 15.9 Å². The van der Waals surface area contributed by atoms with Crippen molar-refractivity contribution in [2.75, 3.05) is 39.3 Å². The summed E-state index contributed by atoms with van der Waals surface area (Å²) in [5, 5.41) is 2.78. The van der Waals surface area contributed by atoms with Crippen LogP contribution in [0.25, 0.3) is 6.08 Å². The first-order valence-corrected chi connectivity index (χ1v) is 12.5. The average Bonchev–Trinajstić information content (AvgIpc) is 3.37. The van der Waals surface area contributed by atoms with Gasteiger partial charge in [-0.25, -0.2) is 9.59 Å². The lowest BCUT2D eigenvalue weighted by molar-refractivity contribution is -0.274. The van der Waals surface area contributed by atoms with Crippen LogP contribution in [0, 0.1) is 11.8 Å². The van der Waals surface area contributed by atoms with Gasteiger partial charge >= 0.3 is 18.5 Å². The monoisotopic (exact) mass is 522 g/mol. The minimum atomic E-state index is -4.75. The van der Waals surface area contributed by atoms with E-state index < -0.39 is 12.5 Å². The third-order valence-electron chi connectivity index (χ3n) is 7.62. The number of fused-ring (bicyclic) bond motifs is 2. The van der Waals surface area contributed by atoms with Crippen molar-refractivity contribution in [3.63, 3.8) is 0 Å². The maximum Gasteiger partial charge on any atom is 0.573 e. The Balaban J connectivity index is 1.10. The molecular weight excluding hydrogens is 493 g/mol. The molecule has 0 spiro atoms. The Hall–Kier alpha value is -3.44. The Morgan fingerprint density at radius 1 is 0.946 bits per heavy atom. The predicted molar refractivity (Wildman–Crippen MR) is 125 cm³/mol. The molecule has 1 N–H and O–H groups in total. The lowest BCUT2D eigenvalue weighted by Gasteiger charge is -2.35. The number of nitrogens with one attached hydrogen (secondary N) is 1. The molecule has 0 bridgehead atoms. The van der Waals surface area contributed by atoms with Gasteiger partial charge in [-0.1, -0.05) is 12.1 Å². The van der Waals surface area contributed by atoms with E-state index in [0.29, 0.717) is 63.1 Å². The maximum absolute atomic E-state index is 13.1. The van der Waals surface area contributed by atoms with Gasteiger partial charge < -0.3 is 29.5 Å². The molecule has 4 amide bonds. The second-order valence-electron chi connectivity index (χ2n) is 9.99. The molecule has 9 nitrogen and oxygen atoms in total. The number of alkyl halides is 3. The molecule has 0 radical (unpaired) electrons. The van der Waals surface area contributed by atoms with Crippen LogP contribution in [0.5, 0.6) is 5.75 Å². The summed E-state index contributed by atoms with van der Waals surface area (Å²) in [5.41, 5.74) is 0.593. The third kappa shape index (κ3) is 5.94. The van der Waals surface area contributed by atoms with Crippen LogP contribution >= 0.6 is 0 Å². The Morgan fingerprint density at radius 2 is 1.59 bits per heavy atom. The standard InChI is InChI=1S/C25H29F3N4O5/c26-25(27,28)37-19-4-1-16(2-5-19)3-6-22(33)30-10-7-17-13-32(14-18(17)8-11-30)24(35)31-12-9-20-21(15-31)36-23(34)29-20/h1-6,17-18,20-21H,7-15H2,(H,29,34)/b6-3+/t17-,18+,20-,21+/m1/s1. The SMILES string of the molecule is O=C1N[C@@H]2CCN(C(=O)N3C[C@H]4CCN(C(=O)/C=C/c5ccc(OC(F)(F)F)cc5)CC[C@H]4C3)C[C@@H]2O1. The number of nitrogens with zero attached hydrogens (tertiary/aromatic N) is 3. The summed E-state index contributed by atoms with van der Waals surface area (Å²) in [6, 6.07) is 5.28. The van der Waals surface area contributed by atoms with Crippen molar-refractivity contribution in [2.45, 2.75) is 37.8 Å². The van der Waals surface area contributed by atoms with Gasteiger partial charge in [0.15, 0.2) is 0 Å². The summed E-state index contributed by atoms with van der Waals surface area (Å²) >= 11 is 0. The fraction of sp³-hybridized carbons (Fsp3) is 0.560. The molecular formula is C25H29F3N4O5. The average molecular weight is 523 g/mol. The number of urea groups is 1. The number of alkyl carbamates (subject to hydrolysis) is 1. The molecule has 1 aromatic carbocycles. The van der Waals surface area contributed by atoms with Gasteiger partial charge in [0, 0.05) is 38.8 Å². The lowest BCUT2D eigenvalue weighted by Crippen LogP contribution is -2.53. The molecule has 4 aliphatic rings. The molecule has 4 fully saturated rings. The highest BCUT2D eigenvalue weighted by molar-refractivity contribution is 5.91. The number of benzene rings is 1. The lowest BCUT2D eigenvalue weighted by atomic mass is 9.92. The Labute approximate surface area is 212 Å². The van der Waals surface area contributed by atoms with E-state index in [9.17, 15) is 27.6 Å². The first kappa shape index (κ1) is 25.2. The Morgan fingerprint density at radius 3 is 2.24 bits per heavy atom. The molecule has 200 valence electrons. The first-order chi connectivity index (χ1) is 17.6. The second kappa shape index (κ2) is 10.1. The normalized spacial score (nSPS) is 27.9. The number of rotatable bonds is 3. The molecule has 0 unspecified atom stereocenters. The number of piperidine rings is 1. The van der Waals surface area contributed by atoms with E-state index in [2.05, 4.69) is 10.1 Å². The number of hydrogen-bond donors (Lipinski definition) is 1. The van der Waals surface area contributed by atoms with Crippen LogP contribution in [0.2, 0.25) is 0 Å². The quantitative estimate of drug-likeness (QED) is 0.617. The van der Waals surface area contributed by atoms with E-state index in [0.717, 1.165) is 12.8 Å². The number of carbonyl (C=O) groups excluding carboxylic acids is 3. The van der Waals surface area contributed by atoms with Crippen molar-refractivity contribution in [1.82, 2.24) is 20.0 Å². The topological polar surface area (TPSA) is 91.4 Å². The van der Waals surface area contributed by atoms with Crippen LogP contribution in [0.1, 0.15) is 24.8 Å². The number of halogens is 3. The molecule has 4 saturated heterocycles. The first-order valence-electron chi connectivity index (χ1n) is 12.5. The van der Waals surface area contributed by atoms with Crippen molar-refractivity contribution in [1.29, 1.82) is 0 Å². The van der Waals surface area contributed by atoms with Crippen LogP contribution in [0.15, 0.2) is 30.3 Å². The fourth-order valence-corrected chi connectivity index (χ4v) is 5.68. The Bertz CT molecular complexity index is 1050. The summed E-state index contributed by atoms with van der Waals surface area (Å²) in [5.74, 6) is 0.169. The van der Waals surface area contributed by atoms with Gasteiger partial charge in [0.1, 0.15) is 11.9 Å². The molecule has 4 atom stereocenters. The largest absolute Gasteiger partial charge is 0.573 e. The van der Waals surface area contributed by atoms with Gasteiger partial charge in [0.05, 0.1) is 12.6 Å². The summed E-state index contributed by atoms with van der Waals surface area (Å²) in [7, 11) is 0. The fourth-order valence-electron chi connectivity index (χ4n) is 5.68. The number of likely N-dealkylation sites (tertiary alicyclic amines) is 3. The molecule has 4 aliphatic heterocycles. The van der Waals surface area contributed by atoms with Crippen molar-refractivity contribution in [3.05, 3.63) is 35.9 Å². The molecule has 37 heavy (non-hydrogen) atoms.